The Balaban J connectivity index is 1.63. The average molecular weight is 284 g/mol. The number of hydrogen-bond donors (Lipinski definition) is 2. The summed E-state index contributed by atoms with van der Waals surface area (Å²) in [5.41, 5.74) is 5.94. The molecule has 0 aromatic carbocycles. The van der Waals surface area contributed by atoms with E-state index >= 15 is 0 Å². The summed E-state index contributed by atoms with van der Waals surface area (Å²) in [6.07, 6.45) is 0.944. The standard InChI is InChI=1S/C12H20N4O2S/c13-8-11-15-10(9-19-11)12(17)14-2-1-3-16-4-6-18-7-5-16/h9H,1-8,13H2,(H,14,17). The van der Waals surface area contributed by atoms with Crippen LogP contribution in [0, 0.1) is 0 Å². The van der Waals surface area contributed by atoms with Crippen molar-refractivity contribution in [2.75, 3.05) is 39.4 Å². The normalized spacial score (nSPS) is 16.5. The molecule has 1 aromatic heterocycles. The molecule has 0 spiro atoms. The monoisotopic (exact) mass is 284 g/mol. The summed E-state index contributed by atoms with van der Waals surface area (Å²) in [7, 11) is 0. The van der Waals surface area contributed by atoms with E-state index < -0.39 is 0 Å². The van der Waals surface area contributed by atoms with Gasteiger partial charge in [-0.1, -0.05) is 0 Å². The van der Waals surface area contributed by atoms with Crippen molar-refractivity contribution >= 4 is 17.2 Å². The maximum Gasteiger partial charge on any atom is 0.270 e. The van der Waals surface area contributed by atoms with E-state index in [4.69, 9.17) is 10.5 Å². The fourth-order valence-corrected chi connectivity index (χ4v) is 2.58. The molecule has 2 heterocycles. The number of rotatable bonds is 6. The number of carbonyl (C=O) groups is 1. The summed E-state index contributed by atoms with van der Waals surface area (Å²) >= 11 is 1.42. The Bertz CT molecular complexity index is 404. The molecule has 3 N–H and O–H groups in total. The van der Waals surface area contributed by atoms with Gasteiger partial charge in [-0.15, -0.1) is 11.3 Å². The van der Waals surface area contributed by atoms with Crippen molar-refractivity contribution in [1.29, 1.82) is 0 Å². The summed E-state index contributed by atoms with van der Waals surface area (Å²) in [5, 5.41) is 5.42. The highest BCUT2D eigenvalue weighted by molar-refractivity contribution is 7.09. The van der Waals surface area contributed by atoms with Gasteiger partial charge in [-0.05, 0) is 13.0 Å². The van der Waals surface area contributed by atoms with Crippen LogP contribution in [0.15, 0.2) is 5.38 Å². The molecule has 2 rings (SSSR count). The second kappa shape index (κ2) is 7.54. The van der Waals surface area contributed by atoms with Crippen molar-refractivity contribution in [3.05, 3.63) is 16.1 Å². The quantitative estimate of drug-likeness (QED) is 0.722. The predicted molar refractivity (Wildman–Crippen MR) is 74.2 cm³/mol. The zero-order chi connectivity index (χ0) is 13.5. The molecule has 1 aromatic rings. The number of hydrogen-bond acceptors (Lipinski definition) is 6. The minimum atomic E-state index is -0.113. The molecule has 0 aliphatic carbocycles. The lowest BCUT2D eigenvalue weighted by Gasteiger charge is -2.26. The summed E-state index contributed by atoms with van der Waals surface area (Å²) in [6.45, 7) is 5.65. The first-order chi connectivity index (χ1) is 9.29. The Morgan fingerprint density at radius 1 is 1.53 bits per heavy atom. The van der Waals surface area contributed by atoms with Crippen LogP contribution in [0.25, 0.3) is 0 Å². The molecule has 0 unspecified atom stereocenters. The van der Waals surface area contributed by atoms with E-state index in [0.717, 1.165) is 44.3 Å². The van der Waals surface area contributed by atoms with Gasteiger partial charge in [0.15, 0.2) is 0 Å². The van der Waals surface area contributed by atoms with Crippen LogP contribution in [0.2, 0.25) is 0 Å². The molecular weight excluding hydrogens is 264 g/mol. The molecule has 0 radical (unpaired) electrons. The SMILES string of the molecule is NCc1nc(C(=O)NCCCN2CCOCC2)cs1. The summed E-state index contributed by atoms with van der Waals surface area (Å²) in [4.78, 5) is 18.3. The molecular formula is C12H20N4O2S. The number of carbonyl (C=O) groups excluding carboxylic acids is 1. The van der Waals surface area contributed by atoms with Crippen LogP contribution in [0.1, 0.15) is 21.9 Å². The van der Waals surface area contributed by atoms with E-state index in [9.17, 15) is 4.79 Å². The second-order valence-corrected chi connectivity index (χ2v) is 5.34. The van der Waals surface area contributed by atoms with Crippen molar-refractivity contribution in [1.82, 2.24) is 15.2 Å². The van der Waals surface area contributed by atoms with Gasteiger partial charge < -0.3 is 15.8 Å². The van der Waals surface area contributed by atoms with E-state index in [-0.39, 0.29) is 5.91 Å². The Hall–Kier alpha value is -1.02. The third-order valence-corrected chi connectivity index (χ3v) is 3.87. The van der Waals surface area contributed by atoms with Crippen molar-refractivity contribution in [3.63, 3.8) is 0 Å². The van der Waals surface area contributed by atoms with Gasteiger partial charge in [0.05, 0.1) is 13.2 Å². The molecule has 1 aliphatic rings. The Morgan fingerprint density at radius 2 is 2.32 bits per heavy atom. The van der Waals surface area contributed by atoms with Crippen LogP contribution in [0.5, 0.6) is 0 Å². The highest BCUT2D eigenvalue weighted by Crippen LogP contribution is 2.08. The number of thiazole rings is 1. The Labute approximate surface area is 116 Å². The summed E-state index contributed by atoms with van der Waals surface area (Å²) < 4.78 is 5.29. The first-order valence-corrected chi connectivity index (χ1v) is 7.40. The molecule has 106 valence electrons. The third kappa shape index (κ3) is 4.54. The number of nitrogens with zero attached hydrogens (tertiary/aromatic N) is 2. The number of ether oxygens (including phenoxy) is 1. The highest BCUT2D eigenvalue weighted by atomic mass is 32.1. The zero-order valence-corrected chi connectivity index (χ0v) is 11.7. The van der Waals surface area contributed by atoms with E-state index in [1.54, 1.807) is 5.38 Å². The molecule has 1 amide bonds. The first kappa shape index (κ1) is 14.4. The molecule has 1 fully saturated rings. The number of morpholine rings is 1. The number of aromatic nitrogens is 1. The summed E-state index contributed by atoms with van der Waals surface area (Å²) in [6, 6.07) is 0. The largest absolute Gasteiger partial charge is 0.379 e. The average Bonchev–Trinajstić information content (AvgIpc) is 2.93. The molecule has 0 atom stereocenters. The van der Waals surface area contributed by atoms with Crippen molar-refractivity contribution in [2.24, 2.45) is 5.73 Å². The lowest BCUT2D eigenvalue weighted by molar-refractivity contribution is 0.0374. The topological polar surface area (TPSA) is 80.5 Å². The fraction of sp³-hybridized carbons (Fsp3) is 0.667. The van der Waals surface area contributed by atoms with E-state index in [0.29, 0.717) is 18.8 Å². The molecule has 1 saturated heterocycles. The fourth-order valence-electron chi connectivity index (χ4n) is 1.93. The first-order valence-electron chi connectivity index (χ1n) is 6.52. The lowest BCUT2D eigenvalue weighted by atomic mass is 10.3. The van der Waals surface area contributed by atoms with Gasteiger partial charge in [-0.3, -0.25) is 9.69 Å². The highest BCUT2D eigenvalue weighted by Gasteiger charge is 2.11. The molecule has 6 nitrogen and oxygen atoms in total. The zero-order valence-electron chi connectivity index (χ0n) is 10.9. The van der Waals surface area contributed by atoms with Crippen LogP contribution in [-0.2, 0) is 11.3 Å². The molecule has 0 bridgehead atoms. The van der Waals surface area contributed by atoms with Gasteiger partial charge in [-0.25, -0.2) is 4.98 Å². The molecule has 19 heavy (non-hydrogen) atoms. The van der Waals surface area contributed by atoms with E-state index in [1.165, 1.54) is 11.3 Å². The minimum Gasteiger partial charge on any atom is -0.379 e. The van der Waals surface area contributed by atoms with Crippen LogP contribution in [0.3, 0.4) is 0 Å². The van der Waals surface area contributed by atoms with Crippen molar-refractivity contribution in [3.8, 4) is 0 Å². The van der Waals surface area contributed by atoms with Crippen molar-refractivity contribution < 1.29 is 9.53 Å². The maximum absolute atomic E-state index is 11.8. The molecule has 0 saturated carbocycles. The van der Waals surface area contributed by atoms with E-state index in [1.807, 2.05) is 0 Å². The van der Waals surface area contributed by atoms with Gasteiger partial charge in [0.1, 0.15) is 10.7 Å². The molecule has 7 heteroatoms. The smallest absolute Gasteiger partial charge is 0.270 e. The maximum atomic E-state index is 11.8. The van der Waals surface area contributed by atoms with Gasteiger partial charge in [0, 0.05) is 31.6 Å². The van der Waals surface area contributed by atoms with Crippen LogP contribution >= 0.6 is 11.3 Å². The summed E-state index contributed by atoms with van der Waals surface area (Å²) in [5.74, 6) is -0.113. The molecule has 1 aliphatic heterocycles. The van der Waals surface area contributed by atoms with Gasteiger partial charge >= 0.3 is 0 Å². The van der Waals surface area contributed by atoms with Gasteiger partial charge in [0.25, 0.3) is 5.91 Å². The lowest BCUT2D eigenvalue weighted by Crippen LogP contribution is -2.38. The van der Waals surface area contributed by atoms with Crippen molar-refractivity contribution in [2.45, 2.75) is 13.0 Å². The van der Waals surface area contributed by atoms with Crippen LogP contribution in [0.4, 0.5) is 0 Å². The Morgan fingerprint density at radius 3 is 3.00 bits per heavy atom. The van der Waals surface area contributed by atoms with Gasteiger partial charge in [0.2, 0.25) is 0 Å². The Kier molecular flexibility index (Phi) is 5.71. The number of nitrogens with two attached hydrogens (primary N) is 1. The van der Waals surface area contributed by atoms with E-state index in [2.05, 4.69) is 15.2 Å². The predicted octanol–water partition coefficient (Wildman–Crippen LogP) is 0.0539. The van der Waals surface area contributed by atoms with Crippen LogP contribution < -0.4 is 11.1 Å². The number of amides is 1. The second-order valence-electron chi connectivity index (χ2n) is 4.39. The minimum absolute atomic E-state index is 0.113. The van der Waals surface area contributed by atoms with Gasteiger partial charge in [-0.2, -0.15) is 0 Å². The third-order valence-electron chi connectivity index (χ3n) is 3.00. The number of nitrogens with one attached hydrogen (secondary N) is 1. The van der Waals surface area contributed by atoms with Crippen LogP contribution in [-0.4, -0.2) is 55.2 Å².